The molecule has 0 saturated heterocycles. The van der Waals surface area contributed by atoms with Crippen molar-refractivity contribution < 1.29 is 18.6 Å². The molecule has 0 saturated carbocycles. The molecule has 90 valence electrons. The molecule has 0 fully saturated rings. The smallest absolute Gasteiger partial charge is 0.143 e. The highest BCUT2D eigenvalue weighted by Crippen LogP contribution is 2.25. The molecule has 1 aromatic carbocycles. The standard InChI is InChI=1S/C11H13BrF2O2/c1-11(15,6-16-2)5-7-9(13)4-3-8(12)10(7)14/h3-4,15H,5-6H2,1-2H3. The first-order valence-corrected chi connectivity index (χ1v) is 5.50. The number of benzene rings is 1. The molecule has 1 aromatic rings. The quantitative estimate of drug-likeness (QED) is 0.865. The second kappa shape index (κ2) is 5.21. The van der Waals surface area contributed by atoms with Crippen LogP contribution in [-0.2, 0) is 11.2 Å². The highest BCUT2D eigenvalue weighted by atomic mass is 79.9. The van der Waals surface area contributed by atoms with Crippen molar-refractivity contribution in [3.05, 3.63) is 33.8 Å². The molecular formula is C11H13BrF2O2. The molecule has 16 heavy (non-hydrogen) atoms. The monoisotopic (exact) mass is 294 g/mol. The highest BCUT2D eigenvalue weighted by Gasteiger charge is 2.25. The van der Waals surface area contributed by atoms with Crippen LogP contribution in [0.3, 0.4) is 0 Å². The average Bonchev–Trinajstić information content (AvgIpc) is 2.19. The summed E-state index contributed by atoms with van der Waals surface area (Å²) in [6.07, 6.45) is -0.141. The highest BCUT2D eigenvalue weighted by molar-refractivity contribution is 9.10. The molecule has 1 unspecified atom stereocenters. The fourth-order valence-corrected chi connectivity index (χ4v) is 1.85. The van der Waals surface area contributed by atoms with Crippen LogP contribution in [0.4, 0.5) is 8.78 Å². The average molecular weight is 295 g/mol. The summed E-state index contributed by atoms with van der Waals surface area (Å²) >= 11 is 2.97. The second-order valence-electron chi connectivity index (χ2n) is 3.93. The third-order valence-electron chi connectivity index (χ3n) is 2.15. The summed E-state index contributed by atoms with van der Waals surface area (Å²) in [5.74, 6) is -1.35. The van der Waals surface area contributed by atoms with Crippen LogP contribution in [0.5, 0.6) is 0 Å². The Balaban J connectivity index is 3.01. The summed E-state index contributed by atoms with van der Waals surface area (Å²) in [4.78, 5) is 0. The predicted octanol–water partition coefficient (Wildman–Crippen LogP) is 2.67. The first-order valence-electron chi connectivity index (χ1n) is 4.71. The van der Waals surface area contributed by atoms with Crippen molar-refractivity contribution in [3.8, 4) is 0 Å². The Labute approximate surface area is 101 Å². The molecule has 5 heteroatoms. The Morgan fingerprint density at radius 1 is 1.44 bits per heavy atom. The normalized spacial score (nSPS) is 14.9. The van der Waals surface area contributed by atoms with E-state index in [0.717, 1.165) is 6.07 Å². The van der Waals surface area contributed by atoms with Gasteiger partial charge in [-0.05, 0) is 35.0 Å². The lowest BCUT2D eigenvalue weighted by molar-refractivity contribution is -0.0172. The molecule has 0 bridgehead atoms. The fraction of sp³-hybridized carbons (Fsp3) is 0.455. The van der Waals surface area contributed by atoms with E-state index in [1.165, 1.54) is 20.1 Å². The summed E-state index contributed by atoms with van der Waals surface area (Å²) in [5.41, 5.74) is -1.44. The van der Waals surface area contributed by atoms with E-state index >= 15 is 0 Å². The van der Waals surface area contributed by atoms with E-state index < -0.39 is 17.2 Å². The topological polar surface area (TPSA) is 29.5 Å². The van der Waals surface area contributed by atoms with Gasteiger partial charge in [-0.1, -0.05) is 0 Å². The zero-order valence-electron chi connectivity index (χ0n) is 9.06. The molecule has 1 rings (SSSR count). The van der Waals surface area contributed by atoms with Crippen LogP contribution in [-0.4, -0.2) is 24.4 Å². The van der Waals surface area contributed by atoms with Crippen molar-refractivity contribution >= 4 is 15.9 Å². The zero-order valence-corrected chi connectivity index (χ0v) is 10.6. The van der Waals surface area contributed by atoms with Gasteiger partial charge in [-0.25, -0.2) is 8.78 Å². The molecule has 1 N–H and O–H groups in total. The molecule has 2 nitrogen and oxygen atoms in total. The van der Waals surface area contributed by atoms with Gasteiger partial charge in [0.15, 0.2) is 0 Å². The molecular weight excluding hydrogens is 282 g/mol. The molecule has 0 amide bonds. The minimum absolute atomic E-state index is 0.0123. The van der Waals surface area contributed by atoms with Gasteiger partial charge in [0.2, 0.25) is 0 Å². The van der Waals surface area contributed by atoms with Crippen LogP contribution in [0.25, 0.3) is 0 Å². The van der Waals surface area contributed by atoms with Crippen molar-refractivity contribution in [2.24, 2.45) is 0 Å². The van der Waals surface area contributed by atoms with E-state index in [0.29, 0.717) is 0 Å². The maximum atomic E-state index is 13.6. The van der Waals surface area contributed by atoms with E-state index in [9.17, 15) is 13.9 Å². The van der Waals surface area contributed by atoms with Crippen LogP contribution in [0, 0.1) is 11.6 Å². The third kappa shape index (κ3) is 3.23. The summed E-state index contributed by atoms with van der Waals surface area (Å²) < 4.78 is 31.9. The number of methoxy groups -OCH3 is 1. The first-order chi connectivity index (χ1) is 7.37. The van der Waals surface area contributed by atoms with Crippen LogP contribution < -0.4 is 0 Å². The minimum Gasteiger partial charge on any atom is -0.387 e. The van der Waals surface area contributed by atoms with E-state index in [2.05, 4.69) is 15.9 Å². The summed E-state index contributed by atoms with van der Waals surface area (Å²) in [7, 11) is 1.42. The Morgan fingerprint density at radius 2 is 2.06 bits per heavy atom. The van der Waals surface area contributed by atoms with Crippen LogP contribution >= 0.6 is 15.9 Å². The fourth-order valence-electron chi connectivity index (χ4n) is 1.47. The molecule has 0 aliphatic carbocycles. The number of halogens is 3. The van der Waals surface area contributed by atoms with Gasteiger partial charge in [-0.15, -0.1) is 0 Å². The lowest BCUT2D eigenvalue weighted by Gasteiger charge is -2.22. The number of ether oxygens (including phenoxy) is 1. The van der Waals surface area contributed by atoms with E-state index in [4.69, 9.17) is 4.74 Å². The van der Waals surface area contributed by atoms with Crippen LogP contribution in [0.2, 0.25) is 0 Å². The molecule has 0 heterocycles. The summed E-state index contributed by atoms with van der Waals surface area (Å²) in [6, 6.07) is 2.45. The lowest BCUT2D eigenvalue weighted by atomic mass is 9.96. The Hall–Kier alpha value is -0.520. The van der Waals surface area contributed by atoms with Crippen molar-refractivity contribution in [1.82, 2.24) is 0 Å². The lowest BCUT2D eigenvalue weighted by Crippen LogP contribution is -2.33. The molecule has 0 aliphatic rings. The number of hydrogen-bond acceptors (Lipinski definition) is 2. The van der Waals surface area contributed by atoms with Gasteiger partial charge >= 0.3 is 0 Å². The van der Waals surface area contributed by atoms with Gasteiger partial charge in [0.05, 0.1) is 16.7 Å². The largest absolute Gasteiger partial charge is 0.387 e. The van der Waals surface area contributed by atoms with Gasteiger partial charge in [0, 0.05) is 19.1 Å². The SMILES string of the molecule is COCC(C)(O)Cc1c(F)ccc(Br)c1F. The maximum Gasteiger partial charge on any atom is 0.143 e. The van der Waals surface area contributed by atoms with E-state index in [-0.39, 0.29) is 23.1 Å². The molecule has 0 radical (unpaired) electrons. The molecule has 0 aromatic heterocycles. The van der Waals surface area contributed by atoms with Gasteiger partial charge in [-0.3, -0.25) is 0 Å². The molecule has 0 aliphatic heterocycles. The van der Waals surface area contributed by atoms with Crippen molar-refractivity contribution in [2.45, 2.75) is 18.9 Å². The number of aliphatic hydroxyl groups is 1. The second-order valence-corrected chi connectivity index (χ2v) is 4.78. The van der Waals surface area contributed by atoms with Gasteiger partial charge in [0.25, 0.3) is 0 Å². The van der Waals surface area contributed by atoms with Crippen LogP contribution in [0.1, 0.15) is 12.5 Å². The Morgan fingerprint density at radius 3 is 2.62 bits per heavy atom. The summed E-state index contributed by atoms with van der Waals surface area (Å²) in [5, 5.41) is 9.83. The van der Waals surface area contributed by atoms with Crippen molar-refractivity contribution in [1.29, 1.82) is 0 Å². The van der Waals surface area contributed by atoms with E-state index in [1.54, 1.807) is 0 Å². The first kappa shape index (κ1) is 13.5. The Bertz CT molecular complexity index is 380. The molecule has 1 atom stereocenters. The van der Waals surface area contributed by atoms with E-state index in [1.807, 2.05) is 0 Å². The predicted molar refractivity (Wildman–Crippen MR) is 60.3 cm³/mol. The zero-order chi connectivity index (χ0) is 12.3. The van der Waals surface area contributed by atoms with Gasteiger partial charge in [0.1, 0.15) is 11.6 Å². The van der Waals surface area contributed by atoms with Gasteiger partial charge in [-0.2, -0.15) is 0 Å². The number of rotatable bonds is 4. The van der Waals surface area contributed by atoms with Crippen LogP contribution in [0.15, 0.2) is 16.6 Å². The third-order valence-corrected chi connectivity index (χ3v) is 2.76. The Kier molecular flexibility index (Phi) is 4.41. The maximum absolute atomic E-state index is 13.6. The molecule has 0 spiro atoms. The van der Waals surface area contributed by atoms with Crippen molar-refractivity contribution in [2.75, 3.05) is 13.7 Å². The summed E-state index contributed by atoms with van der Waals surface area (Å²) in [6.45, 7) is 1.48. The van der Waals surface area contributed by atoms with Gasteiger partial charge < -0.3 is 9.84 Å². The minimum atomic E-state index is -1.29. The van der Waals surface area contributed by atoms with Crippen molar-refractivity contribution in [3.63, 3.8) is 0 Å². The number of hydrogen-bond donors (Lipinski definition) is 1.